The first kappa shape index (κ1) is 12.2. The van der Waals surface area contributed by atoms with Crippen LogP contribution in [0.1, 0.15) is 18.9 Å². The van der Waals surface area contributed by atoms with Crippen molar-refractivity contribution in [3.05, 3.63) is 48.0 Å². The number of rotatable bonds is 5. The Bertz CT molecular complexity index is 514. The van der Waals surface area contributed by atoms with Crippen LogP contribution in [-0.2, 0) is 10.5 Å². The maximum Gasteiger partial charge on any atom is 0.130 e. The van der Waals surface area contributed by atoms with Gasteiger partial charge in [0.15, 0.2) is 0 Å². The average Bonchev–Trinajstić information content (AvgIpc) is 2.34. The minimum absolute atomic E-state index is 0.274. The maximum atomic E-state index is 10.9. The molecule has 2 rings (SSSR count). The van der Waals surface area contributed by atoms with Crippen molar-refractivity contribution in [1.82, 2.24) is 0 Å². The molecule has 0 saturated heterocycles. The van der Waals surface area contributed by atoms with Crippen molar-refractivity contribution >= 4 is 28.3 Å². The SMILES string of the molecule is CC(=O)CCSCc1cccc2ccccc12. The van der Waals surface area contributed by atoms with E-state index in [4.69, 9.17) is 0 Å². The molecule has 0 aliphatic rings. The lowest BCUT2D eigenvalue weighted by Crippen LogP contribution is -1.92. The largest absolute Gasteiger partial charge is 0.300 e. The van der Waals surface area contributed by atoms with Gasteiger partial charge in [0, 0.05) is 17.9 Å². The molecule has 0 aromatic heterocycles. The monoisotopic (exact) mass is 244 g/mol. The summed E-state index contributed by atoms with van der Waals surface area (Å²) >= 11 is 1.83. The van der Waals surface area contributed by atoms with Gasteiger partial charge in [-0.3, -0.25) is 4.79 Å². The standard InChI is InChI=1S/C15H16OS/c1-12(16)9-10-17-11-14-7-4-6-13-5-2-3-8-15(13)14/h2-8H,9-11H2,1H3. The number of hydrogen-bond acceptors (Lipinski definition) is 2. The predicted molar refractivity (Wildman–Crippen MR) is 75.4 cm³/mol. The molecule has 0 radical (unpaired) electrons. The Balaban J connectivity index is 2.05. The molecule has 0 bridgehead atoms. The molecule has 0 heterocycles. The van der Waals surface area contributed by atoms with Gasteiger partial charge < -0.3 is 0 Å². The Kier molecular flexibility index (Phi) is 4.21. The van der Waals surface area contributed by atoms with Gasteiger partial charge in [-0.2, -0.15) is 11.8 Å². The van der Waals surface area contributed by atoms with Crippen LogP contribution in [0.15, 0.2) is 42.5 Å². The topological polar surface area (TPSA) is 17.1 Å². The van der Waals surface area contributed by atoms with Crippen LogP contribution in [0, 0.1) is 0 Å². The van der Waals surface area contributed by atoms with E-state index in [1.54, 1.807) is 6.92 Å². The fourth-order valence-corrected chi connectivity index (χ4v) is 2.86. The summed E-state index contributed by atoms with van der Waals surface area (Å²) in [5.74, 6) is 2.17. The van der Waals surface area contributed by atoms with Crippen molar-refractivity contribution in [1.29, 1.82) is 0 Å². The van der Waals surface area contributed by atoms with E-state index in [1.165, 1.54) is 16.3 Å². The van der Waals surface area contributed by atoms with E-state index in [0.29, 0.717) is 6.42 Å². The van der Waals surface area contributed by atoms with E-state index in [0.717, 1.165) is 11.5 Å². The number of ketones is 1. The number of thioether (sulfide) groups is 1. The second-order valence-corrected chi connectivity index (χ2v) is 5.25. The maximum absolute atomic E-state index is 10.9. The lowest BCUT2D eigenvalue weighted by Gasteiger charge is -2.05. The zero-order valence-electron chi connectivity index (χ0n) is 9.98. The first-order valence-corrected chi connectivity index (χ1v) is 6.96. The van der Waals surface area contributed by atoms with Gasteiger partial charge in [-0.05, 0) is 23.3 Å². The van der Waals surface area contributed by atoms with Crippen LogP contribution in [0.4, 0.5) is 0 Å². The van der Waals surface area contributed by atoms with Crippen molar-refractivity contribution in [2.45, 2.75) is 19.1 Å². The Labute approximate surface area is 106 Å². The van der Waals surface area contributed by atoms with E-state index >= 15 is 0 Å². The third-order valence-electron chi connectivity index (χ3n) is 2.74. The van der Waals surface area contributed by atoms with Gasteiger partial charge in [0.1, 0.15) is 5.78 Å². The lowest BCUT2D eigenvalue weighted by atomic mass is 10.1. The summed E-state index contributed by atoms with van der Waals surface area (Å²) in [6.45, 7) is 1.65. The van der Waals surface area contributed by atoms with Gasteiger partial charge >= 0.3 is 0 Å². The van der Waals surface area contributed by atoms with E-state index in [1.807, 2.05) is 11.8 Å². The number of carbonyl (C=O) groups excluding carboxylic acids is 1. The molecular formula is C15H16OS. The highest BCUT2D eigenvalue weighted by Gasteiger charge is 2.00. The summed E-state index contributed by atoms with van der Waals surface area (Å²) in [5, 5.41) is 2.61. The van der Waals surface area contributed by atoms with Crippen LogP contribution in [0.3, 0.4) is 0 Å². The van der Waals surface area contributed by atoms with E-state index in [2.05, 4.69) is 42.5 Å². The Morgan fingerprint density at radius 3 is 2.71 bits per heavy atom. The molecule has 0 amide bonds. The van der Waals surface area contributed by atoms with Gasteiger partial charge in [-0.15, -0.1) is 0 Å². The van der Waals surface area contributed by atoms with Gasteiger partial charge in [-0.1, -0.05) is 42.5 Å². The molecule has 0 aliphatic carbocycles. The van der Waals surface area contributed by atoms with Crippen LogP contribution >= 0.6 is 11.8 Å². The number of Topliss-reactive ketones (excluding diaryl/α,β-unsaturated/α-hetero) is 1. The molecular weight excluding hydrogens is 228 g/mol. The quantitative estimate of drug-likeness (QED) is 0.738. The third-order valence-corrected chi connectivity index (χ3v) is 3.74. The summed E-state index contributed by atoms with van der Waals surface area (Å²) < 4.78 is 0. The van der Waals surface area contributed by atoms with Crippen LogP contribution in [0.25, 0.3) is 10.8 Å². The second-order valence-electron chi connectivity index (χ2n) is 4.14. The van der Waals surface area contributed by atoms with Gasteiger partial charge in [0.25, 0.3) is 0 Å². The molecule has 1 nitrogen and oxygen atoms in total. The summed E-state index contributed by atoms with van der Waals surface area (Å²) in [4.78, 5) is 10.9. The molecule has 2 aromatic rings. The minimum atomic E-state index is 0.274. The molecule has 0 spiro atoms. The molecule has 88 valence electrons. The zero-order chi connectivity index (χ0) is 12.1. The molecule has 2 heteroatoms. The number of carbonyl (C=O) groups is 1. The van der Waals surface area contributed by atoms with Crippen LogP contribution in [0.5, 0.6) is 0 Å². The molecule has 2 aromatic carbocycles. The highest BCUT2D eigenvalue weighted by Crippen LogP contribution is 2.22. The summed E-state index contributed by atoms with van der Waals surface area (Å²) in [5.41, 5.74) is 1.36. The zero-order valence-corrected chi connectivity index (χ0v) is 10.8. The predicted octanol–water partition coefficient (Wildman–Crippen LogP) is 4.05. The smallest absolute Gasteiger partial charge is 0.130 e. The number of benzene rings is 2. The Hall–Kier alpha value is -1.28. The molecule has 0 saturated carbocycles. The van der Waals surface area contributed by atoms with Crippen molar-refractivity contribution in [3.8, 4) is 0 Å². The third kappa shape index (κ3) is 3.34. The highest BCUT2D eigenvalue weighted by atomic mass is 32.2. The van der Waals surface area contributed by atoms with Crippen LogP contribution in [0.2, 0.25) is 0 Å². The van der Waals surface area contributed by atoms with Crippen molar-refractivity contribution in [3.63, 3.8) is 0 Å². The molecule has 0 N–H and O–H groups in total. The van der Waals surface area contributed by atoms with Crippen LogP contribution in [-0.4, -0.2) is 11.5 Å². The number of hydrogen-bond donors (Lipinski definition) is 0. The molecule has 0 aliphatic heterocycles. The van der Waals surface area contributed by atoms with Crippen molar-refractivity contribution < 1.29 is 4.79 Å². The Morgan fingerprint density at radius 1 is 1.12 bits per heavy atom. The fourth-order valence-electron chi connectivity index (χ4n) is 1.82. The summed E-state index contributed by atoms with van der Waals surface area (Å²) in [7, 11) is 0. The van der Waals surface area contributed by atoms with Crippen molar-refractivity contribution in [2.75, 3.05) is 5.75 Å². The Morgan fingerprint density at radius 2 is 1.88 bits per heavy atom. The lowest BCUT2D eigenvalue weighted by molar-refractivity contribution is -0.116. The van der Waals surface area contributed by atoms with Crippen LogP contribution < -0.4 is 0 Å². The molecule has 0 unspecified atom stereocenters. The van der Waals surface area contributed by atoms with Gasteiger partial charge in [0.05, 0.1) is 0 Å². The van der Waals surface area contributed by atoms with Crippen molar-refractivity contribution in [2.24, 2.45) is 0 Å². The second kappa shape index (κ2) is 5.87. The number of fused-ring (bicyclic) bond motifs is 1. The molecule has 0 fully saturated rings. The highest BCUT2D eigenvalue weighted by molar-refractivity contribution is 7.98. The summed E-state index contributed by atoms with van der Waals surface area (Å²) in [6, 6.07) is 14.8. The minimum Gasteiger partial charge on any atom is -0.300 e. The van der Waals surface area contributed by atoms with E-state index in [9.17, 15) is 4.79 Å². The first-order valence-electron chi connectivity index (χ1n) is 5.81. The normalized spacial score (nSPS) is 10.6. The van der Waals surface area contributed by atoms with Gasteiger partial charge in [-0.25, -0.2) is 0 Å². The first-order chi connectivity index (χ1) is 8.27. The van der Waals surface area contributed by atoms with Gasteiger partial charge in [0.2, 0.25) is 0 Å². The summed E-state index contributed by atoms with van der Waals surface area (Å²) in [6.07, 6.45) is 0.676. The average molecular weight is 244 g/mol. The molecule has 0 atom stereocenters. The fraction of sp³-hybridized carbons (Fsp3) is 0.267. The molecule has 17 heavy (non-hydrogen) atoms. The van der Waals surface area contributed by atoms with E-state index < -0.39 is 0 Å². The van der Waals surface area contributed by atoms with E-state index in [-0.39, 0.29) is 5.78 Å².